The minimum absolute atomic E-state index is 0.0109. The van der Waals surface area contributed by atoms with Crippen LogP contribution in [-0.2, 0) is 19.1 Å². The quantitative estimate of drug-likeness (QED) is 0.646. The molecule has 1 aromatic carbocycles. The molecule has 0 saturated carbocycles. The largest absolute Gasteiger partial charge is 0.484 e. The van der Waals surface area contributed by atoms with Crippen LogP contribution in [-0.4, -0.2) is 61.8 Å². The molecule has 2 rings (SSSR count). The standard InChI is InChI=1S/C22H34N2O5/c1-5-12-29-22(4,15-17(2)3)21(26)23-18-6-8-19(9-7-18)28-16-20(25)24-10-13-27-14-11-24/h6-9,17H,5,10-16H2,1-4H3,(H,23,26)/t22-/m1/s1. The second kappa shape index (κ2) is 11.2. The predicted octanol–water partition coefficient (Wildman–Crippen LogP) is 3.09. The van der Waals surface area contributed by atoms with Crippen LogP contribution < -0.4 is 10.1 Å². The lowest BCUT2D eigenvalue weighted by atomic mass is 9.93. The van der Waals surface area contributed by atoms with Gasteiger partial charge in [-0.3, -0.25) is 9.59 Å². The normalized spacial score (nSPS) is 16.4. The van der Waals surface area contributed by atoms with E-state index in [1.807, 2.05) is 13.8 Å². The molecule has 1 aliphatic rings. The molecule has 0 aliphatic carbocycles. The lowest BCUT2D eigenvalue weighted by Crippen LogP contribution is -2.44. The number of morpholine rings is 1. The zero-order valence-corrected chi connectivity index (χ0v) is 18.0. The molecule has 1 aliphatic heterocycles. The van der Waals surface area contributed by atoms with Crippen molar-refractivity contribution in [3.63, 3.8) is 0 Å². The number of carbonyl (C=O) groups excluding carboxylic acids is 2. The third kappa shape index (κ3) is 7.33. The fraction of sp³-hybridized carbons (Fsp3) is 0.636. The van der Waals surface area contributed by atoms with Crippen LogP contribution >= 0.6 is 0 Å². The van der Waals surface area contributed by atoms with E-state index in [4.69, 9.17) is 14.2 Å². The molecule has 1 saturated heterocycles. The maximum atomic E-state index is 12.8. The molecule has 0 aromatic heterocycles. The highest BCUT2D eigenvalue weighted by Gasteiger charge is 2.34. The Hall–Kier alpha value is -2.12. The van der Waals surface area contributed by atoms with Crippen molar-refractivity contribution in [3.05, 3.63) is 24.3 Å². The lowest BCUT2D eigenvalue weighted by molar-refractivity contribution is -0.141. The van der Waals surface area contributed by atoms with Crippen molar-refractivity contribution in [1.29, 1.82) is 0 Å². The fourth-order valence-electron chi connectivity index (χ4n) is 3.27. The summed E-state index contributed by atoms with van der Waals surface area (Å²) in [5.41, 5.74) is -0.207. The summed E-state index contributed by atoms with van der Waals surface area (Å²) in [5, 5.41) is 2.93. The molecule has 0 spiro atoms. The van der Waals surface area contributed by atoms with Gasteiger partial charge in [0.15, 0.2) is 6.61 Å². The summed E-state index contributed by atoms with van der Waals surface area (Å²) in [4.78, 5) is 26.7. The van der Waals surface area contributed by atoms with E-state index < -0.39 is 5.60 Å². The van der Waals surface area contributed by atoms with Crippen molar-refractivity contribution in [2.24, 2.45) is 5.92 Å². The highest BCUT2D eigenvalue weighted by Crippen LogP contribution is 2.24. The Kier molecular flexibility index (Phi) is 8.92. The molecule has 7 heteroatoms. The van der Waals surface area contributed by atoms with Crippen LogP contribution in [0, 0.1) is 5.92 Å². The Bertz CT molecular complexity index is 656. The van der Waals surface area contributed by atoms with E-state index in [0.29, 0.717) is 56.7 Å². The second-order valence-electron chi connectivity index (χ2n) is 7.94. The van der Waals surface area contributed by atoms with Gasteiger partial charge >= 0.3 is 0 Å². The number of rotatable bonds is 10. The van der Waals surface area contributed by atoms with Gasteiger partial charge in [0.05, 0.1) is 13.2 Å². The molecule has 1 atom stereocenters. The van der Waals surface area contributed by atoms with Gasteiger partial charge < -0.3 is 24.4 Å². The molecule has 0 unspecified atom stereocenters. The van der Waals surface area contributed by atoms with Crippen molar-refractivity contribution in [2.45, 2.75) is 46.1 Å². The van der Waals surface area contributed by atoms with Gasteiger partial charge in [-0.05, 0) is 49.9 Å². The van der Waals surface area contributed by atoms with Crippen molar-refractivity contribution < 1.29 is 23.8 Å². The predicted molar refractivity (Wildman–Crippen MR) is 112 cm³/mol. The first-order valence-electron chi connectivity index (χ1n) is 10.4. The fourth-order valence-corrected chi connectivity index (χ4v) is 3.27. The van der Waals surface area contributed by atoms with Crippen LogP contribution in [0.25, 0.3) is 0 Å². The van der Waals surface area contributed by atoms with Gasteiger partial charge in [0.25, 0.3) is 11.8 Å². The molecule has 2 amide bonds. The first-order valence-corrected chi connectivity index (χ1v) is 10.4. The highest BCUT2D eigenvalue weighted by atomic mass is 16.5. The smallest absolute Gasteiger partial charge is 0.260 e. The van der Waals surface area contributed by atoms with E-state index in [2.05, 4.69) is 19.2 Å². The minimum Gasteiger partial charge on any atom is -0.484 e. The van der Waals surface area contributed by atoms with Crippen LogP contribution in [0.2, 0.25) is 0 Å². The number of anilines is 1. The van der Waals surface area contributed by atoms with Crippen molar-refractivity contribution in [1.82, 2.24) is 4.90 Å². The average molecular weight is 407 g/mol. The molecular formula is C22H34N2O5. The van der Waals surface area contributed by atoms with E-state index in [1.165, 1.54) is 0 Å². The van der Waals surface area contributed by atoms with Gasteiger partial charge in [-0.25, -0.2) is 0 Å². The molecule has 29 heavy (non-hydrogen) atoms. The minimum atomic E-state index is -0.871. The Morgan fingerprint density at radius 3 is 2.45 bits per heavy atom. The van der Waals surface area contributed by atoms with E-state index in [9.17, 15) is 9.59 Å². The van der Waals surface area contributed by atoms with Crippen LogP contribution in [0.15, 0.2) is 24.3 Å². The monoisotopic (exact) mass is 406 g/mol. The maximum absolute atomic E-state index is 12.8. The van der Waals surface area contributed by atoms with E-state index in [1.54, 1.807) is 29.2 Å². The zero-order valence-electron chi connectivity index (χ0n) is 18.0. The molecule has 1 N–H and O–H groups in total. The molecule has 1 aromatic rings. The van der Waals surface area contributed by atoms with Crippen molar-refractivity contribution in [3.8, 4) is 5.75 Å². The SMILES string of the molecule is CCCO[C@](C)(CC(C)C)C(=O)Nc1ccc(OCC(=O)N2CCOCC2)cc1. The first-order chi connectivity index (χ1) is 13.8. The third-order valence-electron chi connectivity index (χ3n) is 4.74. The van der Waals surface area contributed by atoms with Gasteiger partial charge in [0, 0.05) is 25.4 Å². The second-order valence-corrected chi connectivity index (χ2v) is 7.94. The van der Waals surface area contributed by atoms with E-state index >= 15 is 0 Å². The summed E-state index contributed by atoms with van der Waals surface area (Å²) in [5.74, 6) is 0.707. The van der Waals surface area contributed by atoms with Crippen LogP contribution in [0.1, 0.15) is 40.5 Å². The number of amides is 2. The maximum Gasteiger partial charge on any atom is 0.260 e. The number of hydrogen-bond donors (Lipinski definition) is 1. The lowest BCUT2D eigenvalue weighted by Gasteiger charge is -2.30. The van der Waals surface area contributed by atoms with Gasteiger partial charge in [-0.15, -0.1) is 0 Å². The summed E-state index contributed by atoms with van der Waals surface area (Å²) in [6, 6.07) is 7.02. The van der Waals surface area contributed by atoms with Crippen LogP contribution in [0.5, 0.6) is 5.75 Å². The third-order valence-corrected chi connectivity index (χ3v) is 4.74. The van der Waals surface area contributed by atoms with Crippen molar-refractivity contribution >= 4 is 17.5 Å². The summed E-state index contributed by atoms with van der Waals surface area (Å²) in [6.07, 6.45) is 1.50. The Morgan fingerprint density at radius 2 is 1.86 bits per heavy atom. The van der Waals surface area contributed by atoms with Gasteiger partial charge in [-0.2, -0.15) is 0 Å². The summed E-state index contributed by atoms with van der Waals surface area (Å²) < 4.78 is 16.7. The molecule has 7 nitrogen and oxygen atoms in total. The molecule has 1 fully saturated rings. The summed E-state index contributed by atoms with van der Waals surface area (Å²) >= 11 is 0. The Labute approximate surface area is 173 Å². The molecule has 1 heterocycles. The summed E-state index contributed by atoms with van der Waals surface area (Å²) in [7, 11) is 0. The first kappa shape index (κ1) is 23.2. The summed E-state index contributed by atoms with van der Waals surface area (Å²) in [6.45, 7) is 10.9. The van der Waals surface area contributed by atoms with Crippen LogP contribution in [0.3, 0.4) is 0 Å². The number of carbonyl (C=O) groups is 2. The Balaban J connectivity index is 1.89. The van der Waals surface area contributed by atoms with Crippen molar-refractivity contribution in [2.75, 3.05) is 44.8 Å². The number of hydrogen-bond acceptors (Lipinski definition) is 5. The highest BCUT2D eigenvalue weighted by molar-refractivity contribution is 5.97. The topological polar surface area (TPSA) is 77.1 Å². The van der Waals surface area contributed by atoms with Gasteiger partial charge in [-0.1, -0.05) is 20.8 Å². The number of nitrogens with zero attached hydrogens (tertiary/aromatic N) is 1. The molecule has 0 radical (unpaired) electrons. The number of benzene rings is 1. The van der Waals surface area contributed by atoms with E-state index in [-0.39, 0.29) is 18.4 Å². The Morgan fingerprint density at radius 1 is 1.21 bits per heavy atom. The molecule has 0 bridgehead atoms. The zero-order chi connectivity index (χ0) is 21.3. The van der Waals surface area contributed by atoms with Crippen LogP contribution in [0.4, 0.5) is 5.69 Å². The van der Waals surface area contributed by atoms with Gasteiger partial charge in [0.1, 0.15) is 11.4 Å². The van der Waals surface area contributed by atoms with Gasteiger partial charge in [0.2, 0.25) is 0 Å². The number of ether oxygens (including phenoxy) is 3. The average Bonchev–Trinajstić information content (AvgIpc) is 2.71. The van der Waals surface area contributed by atoms with E-state index in [0.717, 1.165) is 6.42 Å². The number of nitrogens with one attached hydrogen (secondary N) is 1. The molecular weight excluding hydrogens is 372 g/mol. The molecule has 162 valence electrons.